The number of rotatable bonds is 3. The fraction of sp³-hybridized carbons (Fsp3) is 0.556. The molecule has 0 amide bonds. The summed E-state index contributed by atoms with van der Waals surface area (Å²) in [4.78, 5) is 15.0. The molecule has 1 rings (SSSR count). The fourth-order valence-electron chi connectivity index (χ4n) is 1.26. The van der Waals surface area contributed by atoms with Crippen LogP contribution in [-0.4, -0.2) is 15.8 Å². The molecule has 1 aromatic heterocycles. The van der Waals surface area contributed by atoms with Gasteiger partial charge in [-0.2, -0.15) is 0 Å². The predicted molar refractivity (Wildman–Crippen MR) is 47.3 cm³/mol. The molecule has 12 heavy (non-hydrogen) atoms. The minimum Gasteiger partial charge on any atom is -0.329 e. The number of aldehydes is 1. The van der Waals surface area contributed by atoms with Crippen molar-refractivity contribution in [3.8, 4) is 0 Å². The molecule has 0 unspecified atom stereocenters. The van der Waals surface area contributed by atoms with Crippen LogP contribution in [0, 0.1) is 6.92 Å². The van der Waals surface area contributed by atoms with Crippen molar-refractivity contribution in [2.75, 3.05) is 0 Å². The number of aromatic nitrogens is 2. The zero-order chi connectivity index (χ0) is 9.14. The Morgan fingerprint density at radius 3 is 2.75 bits per heavy atom. The summed E-state index contributed by atoms with van der Waals surface area (Å²) in [5, 5.41) is 0. The van der Waals surface area contributed by atoms with E-state index >= 15 is 0 Å². The minimum atomic E-state index is 0.717. The summed E-state index contributed by atoms with van der Waals surface area (Å²) in [6.45, 7) is 3.99. The first kappa shape index (κ1) is 8.97. The van der Waals surface area contributed by atoms with Crippen LogP contribution in [0.3, 0.4) is 0 Å². The monoisotopic (exact) mass is 166 g/mol. The van der Waals surface area contributed by atoms with Gasteiger partial charge in [-0.25, -0.2) is 4.98 Å². The lowest BCUT2D eigenvalue weighted by molar-refractivity contribution is 0.111. The van der Waals surface area contributed by atoms with Crippen molar-refractivity contribution in [2.24, 2.45) is 7.05 Å². The third kappa shape index (κ3) is 1.40. The highest BCUT2D eigenvalue weighted by molar-refractivity contribution is 5.74. The quantitative estimate of drug-likeness (QED) is 0.638. The van der Waals surface area contributed by atoms with Crippen LogP contribution < -0.4 is 0 Å². The lowest BCUT2D eigenvalue weighted by atomic mass is 10.2. The molecule has 0 fully saturated rings. The largest absolute Gasteiger partial charge is 0.329 e. The molecule has 3 nitrogen and oxygen atoms in total. The maximum Gasteiger partial charge on any atom is 0.168 e. The van der Waals surface area contributed by atoms with Crippen molar-refractivity contribution in [1.29, 1.82) is 0 Å². The maximum absolute atomic E-state index is 10.7. The van der Waals surface area contributed by atoms with Gasteiger partial charge in [-0.1, -0.05) is 13.3 Å². The van der Waals surface area contributed by atoms with Gasteiger partial charge in [-0.3, -0.25) is 4.79 Å². The highest BCUT2D eigenvalue weighted by atomic mass is 16.1. The van der Waals surface area contributed by atoms with Gasteiger partial charge in [-0.15, -0.1) is 0 Å². The van der Waals surface area contributed by atoms with Crippen molar-refractivity contribution in [3.63, 3.8) is 0 Å². The molecule has 0 spiro atoms. The highest BCUT2D eigenvalue weighted by Crippen LogP contribution is 2.09. The van der Waals surface area contributed by atoms with Crippen LogP contribution in [0.2, 0.25) is 0 Å². The number of nitrogens with zero attached hydrogens (tertiary/aromatic N) is 2. The van der Waals surface area contributed by atoms with Gasteiger partial charge in [0.2, 0.25) is 0 Å². The second kappa shape index (κ2) is 3.52. The molecule has 3 heteroatoms. The van der Waals surface area contributed by atoms with Gasteiger partial charge in [0, 0.05) is 7.05 Å². The Morgan fingerprint density at radius 2 is 2.25 bits per heavy atom. The van der Waals surface area contributed by atoms with Gasteiger partial charge < -0.3 is 4.57 Å². The Kier molecular flexibility index (Phi) is 2.63. The molecule has 66 valence electrons. The van der Waals surface area contributed by atoms with Crippen LogP contribution in [0.5, 0.6) is 0 Å². The van der Waals surface area contributed by atoms with E-state index < -0.39 is 0 Å². The maximum atomic E-state index is 10.7. The SMILES string of the molecule is CCCc1nc(C)n(C)c1C=O. The van der Waals surface area contributed by atoms with Crippen LogP contribution in [0.25, 0.3) is 0 Å². The molecule has 0 N–H and O–H groups in total. The molecule has 0 saturated heterocycles. The summed E-state index contributed by atoms with van der Waals surface area (Å²) in [5.41, 5.74) is 1.64. The minimum absolute atomic E-state index is 0.717. The zero-order valence-electron chi connectivity index (χ0n) is 7.79. The van der Waals surface area contributed by atoms with Gasteiger partial charge in [0.1, 0.15) is 11.5 Å². The molecule has 0 aliphatic heterocycles. The van der Waals surface area contributed by atoms with Crippen LogP contribution in [0.15, 0.2) is 0 Å². The van der Waals surface area contributed by atoms with E-state index in [0.717, 1.165) is 30.6 Å². The van der Waals surface area contributed by atoms with Crippen molar-refractivity contribution in [2.45, 2.75) is 26.7 Å². The second-order valence-corrected chi connectivity index (χ2v) is 2.92. The zero-order valence-corrected chi connectivity index (χ0v) is 7.79. The van der Waals surface area contributed by atoms with Crippen molar-refractivity contribution >= 4 is 6.29 Å². The standard InChI is InChI=1S/C9H14N2O/c1-4-5-8-9(6-12)11(3)7(2)10-8/h6H,4-5H2,1-3H3. The smallest absolute Gasteiger partial charge is 0.168 e. The molecule has 0 radical (unpaired) electrons. The van der Waals surface area contributed by atoms with Crippen LogP contribution in [0.1, 0.15) is 35.4 Å². The van der Waals surface area contributed by atoms with Crippen molar-refractivity contribution in [3.05, 3.63) is 17.2 Å². The Bertz CT molecular complexity index is 289. The molecule has 0 aromatic carbocycles. The summed E-state index contributed by atoms with van der Waals surface area (Å²) in [5.74, 6) is 0.903. The van der Waals surface area contributed by atoms with Crippen LogP contribution >= 0.6 is 0 Å². The number of hydrogen-bond donors (Lipinski definition) is 0. The third-order valence-electron chi connectivity index (χ3n) is 2.04. The Labute approximate surface area is 72.4 Å². The van der Waals surface area contributed by atoms with Gasteiger partial charge >= 0.3 is 0 Å². The van der Waals surface area contributed by atoms with Crippen LogP contribution in [-0.2, 0) is 13.5 Å². The molecule has 0 saturated carbocycles. The van der Waals surface area contributed by atoms with Crippen molar-refractivity contribution in [1.82, 2.24) is 9.55 Å². The van der Waals surface area contributed by atoms with Gasteiger partial charge in [0.25, 0.3) is 0 Å². The molecular weight excluding hydrogens is 152 g/mol. The Balaban J connectivity index is 3.10. The molecule has 0 bridgehead atoms. The summed E-state index contributed by atoms with van der Waals surface area (Å²) in [7, 11) is 1.87. The van der Waals surface area contributed by atoms with E-state index in [2.05, 4.69) is 11.9 Å². The lowest BCUT2D eigenvalue weighted by Crippen LogP contribution is -1.98. The first-order valence-corrected chi connectivity index (χ1v) is 4.18. The van der Waals surface area contributed by atoms with E-state index in [1.807, 2.05) is 18.5 Å². The van der Waals surface area contributed by atoms with Crippen LogP contribution in [0.4, 0.5) is 0 Å². The van der Waals surface area contributed by atoms with E-state index in [-0.39, 0.29) is 0 Å². The molecule has 0 aliphatic carbocycles. The van der Waals surface area contributed by atoms with E-state index in [1.165, 1.54) is 0 Å². The van der Waals surface area contributed by atoms with Gasteiger partial charge in [0.05, 0.1) is 5.69 Å². The first-order chi connectivity index (χ1) is 5.70. The average Bonchev–Trinajstić information content (AvgIpc) is 2.29. The Morgan fingerprint density at radius 1 is 1.58 bits per heavy atom. The fourth-order valence-corrected chi connectivity index (χ4v) is 1.26. The molecule has 0 aliphatic rings. The Hall–Kier alpha value is -1.12. The lowest BCUT2D eigenvalue weighted by Gasteiger charge is -1.96. The molecule has 1 aromatic rings. The van der Waals surface area contributed by atoms with E-state index in [4.69, 9.17) is 0 Å². The number of carbonyl (C=O) groups is 1. The summed E-state index contributed by atoms with van der Waals surface area (Å²) in [6.07, 6.45) is 2.79. The summed E-state index contributed by atoms with van der Waals surface area (Å²) >= 11 is 0. The van der Waals surface area contributed by atoms with Gasteiger partial charge in [0.15, 0.2) is 6.29 Å². The normalized spacial score (nSPS) is 10.2. The number of imidazole rings is 1. The second-order valence-electron chi connectivity index (χ2n) is 2.92. The first-order valence-electron chi connectivity index (χ1n) is 4.18. The summed E-state index contributed by atoms with van der Waals surface area (Å²) in [6, 6.07) is 0. The average molecular weight is 166 g/mol. The highest BCUT2D eigenvalue weighted by Gasteiger charge is 2.09. The number of hydrogen-bond acceptors (Lipinski definition) is 2. The number of aryl methyl sites for hydroxylation is 2. The third-order valence-corrected chi connectivity index (χ3v) is 2.04. The van der Waals surface area contributed by atoms with Gasteiger partial charge in [-0.05, 0) is 13.3 Å². The predicted octanol–water partition coefficient (Wildman–Crippen LogP) is 1.49. The summed E-state index contributed by atoms with van der Waals surface area (Å²) < 4.78 is 1.83. The van der Waals surface area contributed by atoms with E-state index in [1.54, 1.807) is 0 Å². The molecule has 1 heterocycles. The number of carbonyl (C=O) groups excluding carboxylic acids is 1. The molecular formula is C9H14N2O. The van der Waals surface area contributed by atoms with E-state index in [0.29, 0.717) is 5.69 Å². The topological polar surface area (TPSA) is 34.9 Å². The van der Waals surface area contributed by atoms with E-state index in [9.17, 15) is 4.79 Å². The molecule has 0 atom stereocenters. The van der Waals surface area contributed by atoms with Crippen molar-refractivity contribution < 1.29 is 4.79 Å².